The molecule has 1 aromatic heterocycles. The third kappa shape index (κ3) is 5.08. The van der Waals surface area contributed by atoms with E-state index in [1.807, 2.05) is 0 Å². The van der Waals surface area contributed by atoms with E-state index in [1.165, 1.54) is 0 Å². The zero-order chi connectivity index (χ0) is 24.3. The predicted octanol–water partition coefficient (Wildman–Crippen LogP) is 2.15. The molecule has 2 aliphatic rings. The number of carbonyl (C=O) groups is 4. The molecule has 4 rings (SSSR count). The molecular formula is C23H25ClN4O5S. The van der Waals surface area contributed by atoms with Gasteiger partial charge < -0.3 is 25.2 Å². The fourth-order valence-electron chi connectivity index (χ4n) is 4.05. The molecule has 11 heteroatoms. The topological polar surface area (TPSA) is 108 Å². The second kappa shape index (κ2) is 10.1. The van der Waals surface area contributed by atoms with Crippen LogP contribution in [0.4, 0.5) is 5.69 Å². The lowest BCUT2D eigenvalue weighted by Crippen LogP contribution is -2.57. The highest BCUT2D eigenvalue weighted by Gasteiger charge is 2.44. The lowest BCUT2D eigenvalue weighted by molar-refractivity contribution is -0.122. The van der Waals surface area contributed by atoms with Gasteiger partial charge >= 0.3 is 0 Å². The Hall–Kier alpha value is -2.95. The van der Waals surface area contributed by atoms with Gasteiger partial charge in [-0.05, 0) is 42.8 Å². The van der Waals surface area contributed by atoms with Crippen LogP contribution >= 0.6 is 22.9 Å². The lowest BCUT2D eigenvalue weighted by Gasteiger charge is -2.33. The average Bonchev–Trinajstić information content (AvgIpc) is 3.49. The molecule has 2 saturated heterocycles. The van der Waals surface area contributed by atoms with E-state index in [1.54, 1.807) is 47.1 Å². The maximum atomic E-state index is 13.2. The van der Waals surface area contributed by atoms with Crippen molar-refractivity contribution in [1.82, 2.24) is 15.1 Å². The molecule has 0 bridgehead atoms. The summed E-state index contributed by atoms with van der Waals surface area (Å²) in [6.45, 7) is 4.20. The SMILES string of the molecule is Cc1cc(NC(=O)C2(NC(=O)c3ccc(Cl)s3)CCOC2)ccc1C(=O)N1CCN(C=O)CC1. The van der Waals surface area contributed by atoms with Crippen molar-refractivity contribution in [1.29, 1.82) is 0 Å². The second-order valence-corrected chi connectivity index (χ2v) is 10.1. The Balaban J connectivity index is 1.44. The van der Waals surface area contributed by atoms with Crippen molar-refractivity contribution in [3.63, 3.8) is 0 Å². The molecule has 34 heavy (non-hydrogen) atoms. The summed E-state index contributed by atoms with van der Waals surface area (Å²) in [5, 5.41) is 5.68. The Morgan fingerprint density at radius 3 is 2.50 bits per heavy atom. The van der Waals surface area contributed by atoms with Gasteiger partial charge in [-0.1, -0.05) is 11.6 Å². The number of amides is 4. The minimum atomic E-state index is -1.20. The minimum absolute atomic E-state index is 0.0615. The summed E-state index contributed by atoms with van der Waals surface area (Å²) in [5.74, 6) is -0.878. The first-order valence-electron chi connectivity index (χ1n) is 10.9. The van der Waals surface area contributed by atoms with Crippen molar-refractivity contribution in [2.45, 2.75) is 18.9 Å². The summed E-state index contributed by atoms with van der Waals surface area (Å²) in [5.41, 5.74) is 0.576. The second-order valence-electron chi connectivity index (χ2n) is 8.36. The zero-order valence-corrected chi connectivity index (χ0v) is 20.2. The van der Waals surface area contributed by atoms with Crippen molar-refractivity contribution in [3.05, 3.63) is 50.7 Å². The third-order valence-electron chi connectivity index (χ3n) is 6.07. The van der Waals surface area contributed by atoms with Crippen LogP contribution in [0.2, 0.25) is 4.34 Å². The van der Waals surface area contributed by atoms with Gasteiger partial charge in [-0.25, -0.2) is 0 Å². The molecule has 180 valence electrons. The predicted molar refractivity (Wildman–Crippen MR) is 128 cm³/mol. The van der Waals surface area contributed by atoms with Crippen LogP contribution in [0.25, 0.3) is 0 Å². The fourth-order valence-corrected chi connectivity index (χ4v) is 4.99. The number of nitrogens with zero attached hydrogens (tertiary/aromatic N) is 2. The number of thiophene rings is 1. The van der Waals surface area contributed by atoms with Gasteiger partial charge in [0.25, 0.3) is 17.7 Å². The molecule has 1 aromatic carbocycles. The molecule has 2 fully saturated rings. The van der Waals surface area contributed by atoms with Crippen molar-refractivity contribution < 1.29 is 23.9 Å². The molecule has 0 aliphatic carbocycles. The van der Waals surface area contributed by atoms with Crippen LogP contribution in [-0.2, 0) is 14.3 Å². The number of benzene rings is 1. The molecule has 0 saturated carbocycles. The third-order valence-corrected chi connectivity index (χ3v) is 7.30. The molecule has 1 atom stereocenters. The van der Waals surface area contributed by atoms with E-state index >= 15 is 0 Å². The van der Waals surface area contributed by atoms with Gasteiger partial charge in [0.15, 0.2) is 0 Å². The normalized spacial score (nSPS) is 20.2. The summed E-state index contributed by atoms with van der Waals surface area (Å²) >= 11 is 7.07. The summed E-state index contributed by atoms with van der Waals surface area (Å²) in [6.07, 6.45) is 1.14. The van der Waals surface area contributed by atoms with Gasteiger partial charge in [0.2, 0.25) is 6.41 Å². The van der Waals surface area contributed by atoms with Crippen LogP contribution in [0.15, 0.2) is 30.3 Å². The summed E-state index contributed by atoms with van der Waals surface area (Å²) < 4.78 is 5.93. The molecule has 2 N–H and O–H groups in total. The van der Waals surface area contributed by atoms with Gasteiger partial charge in [0, 0.05) is 50.5 Å². The Morgan fingerprint density at radius 1 is 1.15 bits per heavy atom. The highest BCUT2D eigenvalue weighted by Crippen LogP contribution is 2.26. The first-order valence-corrected chi connectivity index (χ1v) is 12.1. The maximum absolute atomic E-state index is 13.2. The monoisotopic (exact) mass is 504 g/mol. The first kappa shape index (κ1) is 24.2. The molecule has 1 unspecified atom stereocenters. The number of anilines is 1. The summed E-state index contributed by atoms with van der Waals surface area (Å²) in [4.78, 5) is 53.5. The fraction of sp³-hybridized carbons (Fsp3) is 0.391. The number of piperazine rings is 1. The zero-order valence-electron chi connectivity index (χ0n) is 18.6. The maximum Gasteiger partial charge on any atom is 0.262 e. The van der Waals surface area contributed by atoms with Gasteiger partial charge in [-0.3, -0.25) is 19.2 Å². The van der Waals surface area contributed by atoms with Gasteiger partial charge in [0.1, 0.15) is 5.54 Å². The number of carbonyl (C=O) groups excluding carboxylic acids is 4. The molecule has 2 aliphatic heterocycles. The highest BCUT2D eigenvalue weighted by molar-refractivity contribution is 7.18. The van der Waals surface area contributed by atoms with E-state index in [2.05, 4.69) is 10.6 Å². The van der Waals surface area contributed by atoms with E-state index in [0.29, 0.717) is 59.7 Å². The Morgan fingerprint density at radius 2 is 1.91 bits per heavy atom. The number of rotatable bonds is 6. The Kier molecular flexibility index (Phi) is 7.20. The molecule has 2 aromatic rings. The largest absolute Gasteiger partial charge is 0.378 e. The first-order chi connectivity index (χ1) is 16.3. The number of nitrogens with one attached hydrogen (secondary N) is 2. The van der Waals surface area contributed by atoms with E-state index in [0.717, 1.165) is 23.3 Å². The van der Waals surface area contributed by atoms with Crippen LogP contribution < -0.4 is 10.6 Å². The quantitative estimate of drug-likeness (QED) is 0.586. The standard InChI is InChI=1S/C23H25ClN4O5S/c1-15-12-16(2-3-17(15)21(31)28-9-7-27(14-29)8-10-28)25-22(32)23(6-11-33-13-23)26-20(30)18-4-5-19(24)34-18/h2-5,12,14H,6-11,13H2,1H3,(H,25,32)(H,26,30). The Bertz CT molecular complexity index is 1110. The van der Waals surface area contributed by atoms with Crippen LogP contribution in [0.3, 0.4) is 0 Å². The average molecular weight is 505 g/mol. The van der Waals surface area contributed by atoms with Crippen LogP contribution in [-0.4, -0.2) is 78.9 Å². The van der Waals surface area contributed by atoms with E-state index < -0.39 is 5.54 Å². The van der Waals surface area contributed by atoms with E-state index in [4.69, 9.17) is 16.3 Å². The number of halogens is 1. The van der Waals surface area contributed by atoms with Crippen LogP contribution in [0.1, 0.15) is 32.0 Å². The van der Waals surface area contributed by atoms with Gasteiger partial charge in [-0.15, -0.1) is 11.3 Å². The molecule has 0 radical (unpaired) electrons. The molecule has 3 heterocycles. The minimum Gasteiger partial charge on any atom is -0.378 e. The van der Waals surface area contributed by atoms with Crippen molar-refractivity contribution in [3.8, 4) is 0 Å². The van der Waals surface area contributed by atoms with Crippen LogP contribution in [0.5, 0.6) is 0 Å². The van der Waals surface area contributed by atoms with E-state index in [-0.39, 0.29) is 24.3 Å². The molecule has 9 nitrogen and oxygen atoms in total. The highest BCUT2D eigenvalue weighted by atomic mass is 35.5. The molecule has 0 spiro atoms. The number of hydrogen-bond donors (Lipinski definition) is 2. The molecule has 4 amide bonds. The van der Waals surface area contributed by atoms with Crippen LogP contribution in [0, 0.1) is 6.92 Å². The molecular weight excluding hydrogens is 480 g/mol. The summed E-state index contributed by atoms with van der Waals surface area (Å²) in [7, 11) is 0. The number of aryl methyl sites for hydroxylation is 1. The van der Waals surface area contributed by atoms with Crippen molar-refractivity contribution >= 4 is 52.8 Å². The van der Waals surface area contributed by atoms with Gasteiger partial charge in [0.05, 0.1) is 15.8 Å². The van der Waals surface area contributed by atoms with Gasteiger partial charge in [-0.2, -0.15) is 0 Å². The Labute approximate surface area is 206 Å². The number of hydrogen-bond acceptors (Lipinski definition) is 6. The lowest BCUT2D eigenvalue weighted by atomic mass is 9.96. The van der Waals surface area contributed by atoms with E-state index in [9.17, 15) is 19.2 Å². The summed E-state index contributed by atoms with van der Waals surface area (Å²) in [6, 6.07) is 8.33. The number of ether oxygens (including phenoxy) is 1. The van der Waals surface area contributed by atoms with Crippen molar-refractivity contribution in [2.75, 3.05) is 44.7 Å². The van der Waals surface area contributed by atoms with Crippen molar-refractivity contribution in [2.24, 2.45) is 0 Å². The smallest absolute Gasteiger partial charge is 0.262 e.